The first-order valence-electron chi connectivity index (χ1n) is 5.63. The fourth-order valence-electron chi connectivity index (χ4n) is 1.71. The zero-order valence-electron chi connectivity index (χ0n) is 9.63. The summed E-state index contributed by atoms with van der Waals surface area (Å²) in [5.41, 5.74) is 7.59. The Hall–Kier alpha value is -1.81. The zero-order valence-corrected chi connectivity index (χ0v) is 9.63. The lowest BCUT2D eigenvalue weighted by Gasteiger charge is -2.16. The number of amides is 1. The number of hydrogen-bond donors (Lipinski definition) is 1. The maximum absolute atomic E-state index is 11.7. The van der Waals surface area contributed by atoms with Crippen LogP contribution < -0.4 is 5.73 Å². The molecule has 0 unspecified atom stereocenters. The minimum Gasteiger partial charge on any atom is -0.445 e. The molecule has 0 fully saturated rings. The van der Waals surface area contributed by atoms with Crippen molar-refractivity contribution in [2.45, 2.75) is 6.61 Å². The average Bonchev–Trinajstić information content (AvgIpc) is 2.86. The molecule has 1 aliphatic rings. The number of carbonyl (C=O) groups excluding carboxylic acids is 1. The summed E-state index contributed by atoms with van der Waals surface area (Å²) >= 11 is 0. The molecule has 1 amide bonds. The van der Waals surface area contributed by atoms with E-state index in [1.54, 1.807) is 4.90 Å². The van der Waals surface area contributed by atoms with Crippen molar-refractivity contribution in [1.82, 2.24) is 4.90 Å². The highest BCUT2D eigenvalue weighted by atomic mass is 16.6. The number of carbonyl (C=O) groups is 1. The van der Waals surface area contributed by atoms with E-state index < -0.39 is 0 Å². The van der Waals surface area contributed by atoms with Gasteiger partial charge in [-0.15, -0.1) is 0 Å². The molecule has 1 heterocycles. The third kappa shape index (κ3) is 3.07. The lowest BCUT2D eigenvalue weighted by molar-refractivity contribution is 0.105. The van der Waals surface area contributed by atoms with Crippen LogP contribution in [0.1, 0.15) is 5.56 Å². The third-order valence-corrected chi connectivity index (χ3v) is 2.72. The molecule has 1 aliphatic heterocycles. The molecular weight excluding hydrogens is 216 g/mol. The van der Waals surface area contributed by atoms with Crippen LogP contribution in [0.5, 0.6) is 0 Å². The Labute approximate surface area is 101 Å². The summed E-state index contributed by atoms with van der Waals surface area (Å²) in [7, 11) is 0. The van der Waals surface area contributed by atoms with Crippen LogP contribution in [0.15, 0.2) is 42.0 Å². The Balaban J connectivity index is 1.79. The monoisotopic (exact) mass is 232 g/mol. The van der Waals surface area contributed by atoms with Crippen molar-refractivity contribution in [3.8, 4) is 0 Å². The number of nitrogens with two attached hydrogens (primary N) is 1. The molecule has 0 spiro atoms. The van der Waals surface area contributed by atoms with Crippen LogP contribution in [0.2, 0.25) is 0 Å². The summed E-state index contributed by atoms with van der Waals surface area (Å²) in [6, 6.07) is 9.64. The minimum absolute atomic E-state index is 0.284. The number of nitrogens with zero attached hydrogens (tertiary/aromatic N) is 1. The van der Waals surface area contributed by atoms with E-state index in [2.05, 4.69) is 0 Å². The van der Waals surface area contributed by atoms with Crippen molar-refractivity contribution in [3.63, 3.8) is 0 Å². The molecule has 17 heavy (non-hydrogen) atoms. The van der Waals surface area contributed by atoms with E-state index >= 15 is 0 Å². The lowest BCUT2D eigenvalue weighted by atomic mass is 10.2. The number of hydrogen-bond acceptors (Lipinski definition) is 3. The highest BCUT2D eigenvalue weighted by Crippen LogP contribution is 2.10. The van der Waals surface area contributed by atoms with Gasteiger partial charge >= 0.3 is 6.09 Å². The van der Waals surface area contributed by atoms with Crippen LogP contribution in [0, 0.1) is 0 Å². The topological polar surface area (TPSA) is 55.6 Å². The fourth-order valence-corrected chi connectivity index (χ4v) is 1.71. The molecule has 4 nitrogen and oxygen atoms in total. The third-order valence-electron chi connectivity index (χ3n) is 2.72. The standard InChI is InChI=1S/C13H16N2O2/c14-8-12-6-7-15(9-12)13(16)17-10-11-4-2-1-3-5-11/h1-6H,7-10,14H2. The summed E-state index contributed by atoms with van der Waals surface area (Å²) < 4.78 is 5.22. The second-order valence-electron chi connectivity index (χ2n) is 3.99. The number of rotatable bonds is 3. The van der Waals surface area contributed by atoms with Gasteiger partial charge in [0.25, 0.3) is 0 Å². The van der Waals surface area contributed by atoms with E-state index in [0.717, 1.165) is 11.1 Å². The van der Waals surface area contributed by atoms with Gasteiger partial charge in [0.05, 0.1) is 0 Å². The van der Waals surface area contributed by atoms with Gasteiger partial charge in [0.1, 0.15) is 6.61 Å². The first-order chi connectivity index (χ1) is 8.29. The molecule has 0 aliphatic carbocycles. The van der Waals surface area contributed by atoms with E-state index in [4.69, 9.17) is 10.5 Å². The van der Waals surface area contributed by atoms with Crippen molar-refractivity contribution in [1.29, 1.82) is 0 Å². The Morgan fingerprint density at radius 1 is 1.35 bits per heavy atom. The summed E-state index contributed by atoms with van der Waals surface area (Å²) in [4.78, 5) is 13.4. The summed E-state index contributed by atoms with van der Waals surface area (Å²) in [6.07, 6.45) is 1.69. The molecule has 0 aromatic heterocycles. The summed E-state index contributed by atoms with van der Waals surface area (Å²) in [6.45, 7) is 2.00. The molecular formula is C13H16N2O2. The SMILES string of the molecule is NCC1=CCN(C(=O)OCc2ccccc2)C1. The second-order valence-corrected chi connectivity index (χ2v) is 3.99. The normalized spacial score (nSPS) is 14.6. The largest absolute Gasteiger partial charge is 0.445 e. The van der Waals surface area contributed by atoms with Gasteiger partial charge in [0.15, 0.2) is 0 Å². The van der Waals surface area contributed by atoms with Gasteiger partial charge < -0.3 is 15.4 Å². The average molecular weight is 232 g/mol. The Bertz CT molecular complexity index is 415. The molecule has 1 aromatic rings. The number of ether oxygens (including phenoxy) is 1. The van der Waals surface area contributed by atoms with Crippen molar-refractivity contribution in [3.05, 3.63) is 47.5 Å². The highest BCUT2D eigenvalue weighted by Gasteiger charge is 2.19. The molecule has 0 saturated heterocycles. The van der Waals surface area contributed by atoms with Gasteiger partial charge in [-0.2, -0.15) is 0 Å². The molecule has 2 rings (SSSR count). The first-order valence-corrected chi connectivity index (χ1v) is 5.63. The van der Waals surface area contributed by atoms with Crippen LogP contribution >= 0.6 is 0 Å². The molecule has 0 bridgehead atoms. The molecule has 4 heteroatoms. The smallest absolute Gasteiger partial charge is 0.410 e. The molecule has 1 aromatic carbocycles. The first kappa shape index (κ1) is 11.7. The van der Waals surface area contributed by atoms with Crippen LogP contribution in [-0.2, 0) is 11.3 Å². The minimum atomic E-state index is -0.284. The van der Waals surface area contributed by atoms with E-state index in [9.17, 15) is 4.79 Å². The van der Waals surface area contributed by atoms with Gasteiger partial charge in [-0.05, 0) is 11.1 Å². The van der Waals surface area contributed by atoms with E-state index in [1.807, 2.05) is 36.4 Å². The lowest BCUT2D eigenvalue weighted by Crippen LogP contribution is -2.30. The predicted molar refractivity (Wildman–Crippen MR) is 65.3 cm³/mol. The summed E-state index contributed by atoms with van der Waals surface area (Å²) in [5.74, 6) is 0. The molecule has 90 valence electrons. The van der Waals surface area contributed by atoms with Crippen molar-refractivity contribution >= 4 is 6.09 Å². The van der Waals surface area contributed by atoms with Gasteiger partial charge in [0, 0.05) is 19.6 Å². The molecule has 0 radical (unpaired) electrons. The van der Waals surface area contributed by atoms with Crippen LogP contribution in [0.25, 0.3) is 0 Å². The highest BCUT2D eigenvalue weighted by molar-refractivity contribution is 5.69. The van der Waals surface area contributed by atoms with E-state index in [0.29, 0.717) is 26.2 Å². The summed E-state index contributed by atoms with van der Waals surface area (Å²) in [5, 5.41) is 0. The van der Waals surface area contributed by atoms with Gasteiger partial charge in [0.2, 0.25) is 0 Å². The van der Waals surface area contributed by atoms with Crippen LogP contribution in [0.4, 0.5) is 4.79 Å². The van der Waals surface area contributed by atoms with Crippen LogP contribution in [0.3, 0.4) is 0 Å². The Kier molecular flexibility index (Phi) is 3.77. The zero-order chi connectivity index (χ0) is 12.1. The van der Waals surface area contributed by atoms with Gasteiger partial charge in [-0.1, -0.05) is 36.4 Å². The van der Waals surface area contributed by atoms with Crippen molar-refractivity contribution in [2.75, 3.05) is 19.6 Å². The van der Waals surface area contributed by atoms with Crippen molar-refractivity contribution in [2.24, 2.45) is 5.73 Å². The van der Waals surface area contributed by atoms with E-state index in [1.165, 1.54) is 0 Å². The van der Waals surface area contributed by atoms with E-state index in [-0.39, 0.29) is 6.09 Å². The number of benzene rings is 1. The molecule has 2 N–H and O–H groups in total. The van der Waals surface area contributed by atoms with Crippen molar-refractivity contribution < 1.29 is 9.53 Å². The fraction of sp³-hybridized carbons (Fsp3) is 0.308. The predicted octanol–water partition coefficient (Wildman–Crippen LogP) is 1.52. The quantitative estimate of drug-likeness (QED) is 0.804. The van der Waals surface area contributed by atoms with Gasteiger partial charge in [-0.25, -0.2) is 4.79 Å². The Morgan fingerprint density at radius 2 is 2.12 bits per heavy atom. The maximum atomic E-state index is 11.7. The Morgan fingerprint density at radius 3 is 2.76 bits per heavy atom. The molecule has 0 saturated carbocycles. The van der Waals surface area contributed by atoms with Crippen LogP contribution in [-0.4, -0.2) is 30.6 Å². The maximum Gasteiger partial charge on any atom is 0.410 e. The molecule has 0 atom stereocenters. The van der Waals surface area contributed by atoms with Gasteiger partial charge in [-0.3, -0.25) is 0 Å². The second kappa shape index (κ2) is 5.50.